The molecule has 0 spiro atoms. The summed E-state index contributed by atoms with van der Waals surface area (Å²) in [5.41, 5.74) is 12.4. The van der Waals surface area contributed by atoms with E-state index in [0.29, 0.717) is 0 Å². The summed E-state index contributed by atoms with van der Waals surface area (Å²) in [5.74, 6) is -1.46. The number of amides is 1. The van der Waals surface area contributed by atoms with Gasteiger partial charge < -0.3 is 16.2 Å². The second-order valence-electron chi connectivity index (χ2n) is 6.29. The van der Waals surface area contributed by atoms with Crippen LogP contribution in [0, 0.1) is 23.8 Å². The SMILES string of the molecule is COC(=O)Nc1c(N)nc(-c2nn(Cc3cc#ccc3F)c3ncc(F)cc23)nc1N. The molecule has 3 aromatic heterocycles. The Labute approximate surface area is 173 Å². The molecular formula is C19H14F2N8O2. The van der Waals surface area contributed by atoms with Crippen molar-refractivity contribution in [2.75, 3.05) is 23.9 Å². The van der Waals surface area contributed by atoms with Gasteiger partial charge in [-0.15, -0.1) is 0 Å². The lowest BCUT2D eigenvalue weighted by Crippen LogP contribution is -2.16. The molecule has 5 N–H and O–H groups in total. The Kier molecular flexibility index (Phi) is 4.92. The van der Waals surface area contributed by atoms with Gasteiger partial charge >= 0.3 is 6.09 Å². The highest BCUT2D eigenvalue weighted by Crippen LogP contribution is 2.30. The van der Waals surface area contributed by atoms with Crippen molar-refractivity contribution in [3.05, 3.63) is 53.7 Å². The number of methoxy groups -OCH3 is 1. The van der Waals surface area contributed by atoms with Crippen LogP contribution in [0.1, 0.15) is 5.56 Å². The number of pyridine rings is 1. The van der Waals surface area contributed by atoms with E-state index in [1.54, 1.807) is 0 Å². The van der Waals surface area contributed by atoms with E-state index in [2.05, 4.69) is 42.2 Å². The van der Waals surface area contributed by atoms with Crippen molar-refractivity contribution in [2.24, 2.45) is 0 Å². The largest absolute Gasteiger partial charge is 0.453 e. The molecule has 0 atom stereocenters. The van der Waals surface area contributed by atoms with E-state index in [4.69, 9.17) is 11.5 Å². The van der Waals surface area contributed by atoms with Crippen LogP contribution in [0.4, 0.5) is 30.9 Å². The van der Waals surface area contributed by atoms with Crippen LogP contribution < -0.4 is 16.8 Å². The number of ether oxygens (including phenoxy) is 1. The molecular weight excluding hydrogens is 410 g/mol. The fraction of sp³-hybridized carbons (Fsp3) is 0.105. The van der Waals surface area contributed by atoms with Gasteiger partial charge in [-0.2, -0.15) is 5.10 Å². The predicted octanol–water partition coefficient (Wildman–Crippen LogP) is 2.16. The van der Waals surface area contributed by atoms with E-state index in [-0.39, 0.29) is 52.0 Å². The molecule has 10 nitrogen and oxygen atoms in total. The van der Waals surface area contributed by atoms with Gasteiger partial charge in [-0.3, -0.25) is 5.32 Å². The summed E-state index contributed by atoms with van der Waals surface area (Å²) in [6, 6.07) is 8.95. The molecule has 1 aromatic carbocycles. The number of nitrogens with two attached hydrogens (primary N) is 2. The van der Waals surface area contributed by atoms with Gasteiger partial charge in [0.2, 0.25) is 0 Å². The van der Waals surface area contributed by atoms with Crippen LogP contribution in [0.25, 0.3) is 22.6 Å². The average molecular weight is 424 g/mol. The molecule has 0 aliphatic carbocycles. The van der Waals surface area contributed by atoms with E-state index < -0.39 is 17.7 Å². The number of nitrogens with zero attached hydrogens (tertiary/aromatic N) is 5. The van der Waals surface area contributed by atoms with Crippen LogP contribution >= 0.6 is 0 Å². The lowest BCUT2D eigenvalue weighted by molar-refractivity contribution is 0.187. The van der Waals surface area contributed by atoms with E-state index in [1.807, 2.05) is 0 Å². The molecule has 0 fully saturated rings. The maximum atomic E-state index is 14.1. The molecule has 0 unspecified atom stereocenters. The first kappa shape index (κ1) is 19.8. The molecule has 156 valence electrons. The van der Waals surface area contributed by atoms with Crippen LogP contribution in [0.5, 0.6) is 0 Å². The fourth-order valence-electron chi connectivity index (χ4n) is 2.87. The van der Waals surface area contributed by atoms with Crippen LogP contribution in [-0.4, -0.2) is 37.9 Å². The number of carbonyl (C=O) groups is 1. The summed E-state index contributed by atoms with van der Waals surface area (Å²) in [6.07, 6.45) is 0.202. The monoisotopic (exact) mass is 424 g/mol. The van der Waals surface area contributed by atoms with Gasteiger partial charge in [0, 0.05) is 11.6 Å². The third kappa shape index (κ3) is 3.71. The van der Waals surface area contributed by atoms with Crippen LogP contribution in [0.2, 0.25) is 0 Å². The Bertz CT molecular complexity index is 1280. The third-order valence-corrected chi connectivity index (χ3v) is 4.30. The number of halogens is 2. The summed E-state index contributed by atoms with van der Waals surface area (Å²) in [6.45, 7) is -0.0148. The molecule has 4 rings (SSSR count). The van der Waals surface area contributed by atoms with Crippen molar-refractivity contribution >= 4 is 34.4 Å². The number of anilines is 3. The minimum atomic E-state index is -0.810. The molecule has 1 amide bonds. The first-order valence-corrected chi connectivity index (χ1v) is 8.74. The van der Waals surface area contributed by atoms with Crippen molar-refractivity contribution < 1.29 is 18.3 Å². The van der Waals surface area contributed by atoms with Crippen molar-refractivity contribution in [3.63, 3.8) is 0 Å². The maximum Gasteiger partial charge on any atom is 0.411 e. The van der Waals surface area contributed by atoms with Crippen molar-refractivity contribution in [1.29, 1.82) is 0 Å². The molecule has 0 radical (unpaired) electrons. The maximum absolute atomic E-state index is 14.1. The van der Waals surface area contributed by atoms with E-state index in [0.717, 1.165) is 12.3 Å². The van der Waals surface area contributed by atoms with Gasteiger partial charge in [-0.1, -0.05) is 12.1 Å². The summed E-state index contributed by atoms with van der Waals surface area (Å²) >= 11 is 0. The normalized spacial score (nSPS) is 10.7. The Morgan fingerprint density at radius 2 is 1.94 bits per heavy atom. The zero-order chi connectivity index (χ0) is 22.1. The number of nitrogens with one attached hydrogen (secondary N) is 1. The summed E-state index contributed by atoms with van der Waals surface area (Å²) in [5, 5.41) is 6.95. The highest BCUT2D eigenvalue weighted by molar-refractivity contribution is 5.94. The standard InChI is InChI=1S/C19H14F2N8O2/c1-31-19(30)25-14-15(22)26-17(27-16(14)23)13-11-6-10(20)7-24-18(11)29(28-13)8-9-4-2-3-5-12(9)21/h4-7H,8H2,1H3,(H,25,30)(H4,22,23,26,27). The van der Waals surface area contributed by atoms with Crippen LogP contribution in [0.3, 0.4) is 0 Å². The van der Waals surface area contributed by atoms with E-state index in [1.165, 1.54) is 23.9 Å². The molecule has 0 saturated heterocycles. The topological polar surface area (TPSA) is 147 Å². The second-order valence-corrected chi connectivity index (χ2v) is 6.29. The van der Waals surface area contributed by atoms with Gasteiger partial charge in [-0.25, -0.2) is 33.2 Å². The number of carbonyl (C=O) groups excluding carboxylic acids is 1. The molecule has 0 aliphatic heterocycles. The predicted molar refractivity (Wildman–Crippen MR) is 107 cm³/mol. The lowest BCUT2D eigenvalue weighted by Gasteiger charge is -2.10. The number of hydrogen-bond donors (Lipinski definition) is 3. The number of rotatable bonds is 4. The Morgan fingerprint density at radius 1 is 1.23 bits per heavy atom. The number of nitrogen functional groups attached to an aromatic ring is 2. The lowest BCUT2D eigenvalue weighted by atomic mass is 10.2. The second kappa shape index (κ2) is 7.71. The van der Waals surface area contributed by atoms with Crippen LogP contribution in [-0.2, 0) is 11.3 Å². The summed E-state index contributed by atoms with van der Waals surface area (Å²) in [7, 11) is 1.17. The molecule has 31 heavy (non-hydrogen) atoms. The Hall–Kier alpha value is -4.53. The first-order valence-electron chi connectivity index (χ1n) is 8.74. The zero-order valence-corrected chi connectivity index (χ0v) is 16.0. The quantitative estimate of drug-likeness (QED) is 0.452. The van der Waals surface area contributed by atoms with Gasteiger partial charge in [0.05, 0.1) is 25.2 Å². The van der Waals surface area contributed by atoms with Crippen molar-refractivity contribution in [1.82, 2.24) is 24.7 Å². The number of fused-ring (bicyclic) bond motifs is 1. The molecule has 12 heteroatoms. The van der Waals surface area contributed by atoms with E-state index >= 15 is 0 Å². The summed E-state index contributed by atoms with van der Waals surface area (Å²) < 4.78 is 33.9. The molecule has 0 bridgehead atoms. The van der Waals surface area contributed by atoms with Gasteiger partial charge in [0.25, 0.3) is 0 Å². The number of hydrogen-bond acceptors (Lipinski definition) is 8. The fourth-order valence-corrected chi connectivity index (χ4v) is 2.87. The van der Waals surface area contributed by atoms with E-state index in [9.17, 15) is 13.6 Å². The minimum Gasteiger partial charge on any atom is -0.453 e. The molecule has 4 aromatic rings. The van der Waals surface area contributed by atoms with Gasteiger partial charge in [0.15, 0.2) is 23.1 Å². The van der Waals surface area contributed by atoms with Gasteiger partial charge in [-0.05, 0) is 12.1 Å². The van der Waals surface area contributed by atoms with Crippen LogP contribution in [0.15, 0.2) is 24.4 Å². The summed E-state index contributed by atoms with van der Waals surface area (Å²) in [4.78, 5) is 23.7. The zero-order valence-electron chi connectivity index (χ0n) is 16.0. The third-order valence-electron chi connectivity index (χ3n) is 4.30. The highest BCUT2D eigenvalue weighted by atomic mass is 19.1. The average Bonchev–Trinajstić information content (AvgIpc) is 3.09. The Morgan fingerprint density at radius 3 is 2.61 bits per heavy atom. The minimum absolute atomic E-state index is 0.0148. The van der Waals surface area contributed by atoms with Crippen molar-refractivity contribution in [2.45, 2.75) is 6.54 Å². The number of aromatic nitrogens is 5. The molecule has 0 saturated carbocycles. The van der Waals surface area contributed by atoms with Gasteiger partial charge in [0.1, 0.15) is 23.0 Å². The first-order chi connectivity index (χ1) is 14.9. The molecule has 0 aliphatic rings. The highest BCUT2D eigenvalue weighted by Gasteiger charge is 2.21. The van der Waals surface area contributed by atoms with Crippen molar-refractivity contribution in [3.8, 4) is 11.5 Å². The smallest absolute Gasteiger partial charge is 0.411 e. The Balaban J connectivity index is 1.84. The molecule has 3 heterocycles.